The Kier molecular flexibility index (Phi) is 3.57. The van der Waals surface area contributed by atoms with Gasteiger partial charge in [-0.1, -0.05) is 5.21 Å². The van der Waals surface area contributed by atoms with E-state index in [0.717, 1.165) is 25.6 Å². The van der Waals surface area contributed by atoms with Crippen LogP contribution in [0.2, 0.25) is 0 Å². The number of nitrogens with one attached hydrogen (secondary N) is 1. The molecule has 2 heterocycles. The van der Waals surface area contributed by atoms with Gasteiger partial charge in [-0.15, -0.1) is 5.10 Å². The van der Waals surface area contributed by atoms with Crippen LogP contribution in [0.1, 0.15) is 29.8 Å². The lowest BCUT2D eigenvalue weighted by Crippen LogP contribution is -2.37. The molecule has 1 aromatic carbocycles. The smallest absolute Gasteiger partial charge is 0.273 e. The third-order valence-corrected chi connectivity index (χ3v) is 4.44. The van der Waals surface area contributed by atoms with Gasteiger partial charge in [0.25, 0.3) is 5.91 Å². The summed E-state index contributed by atoms with van der Waals surface area (Å²) >= 11 is 0. The number of amides is 1. The number of carbonyl (C=O) groups is 1. The molecule has 4 rings (SSSR count). The predicted molar refractivity (Wildman–Crippen MR) is 81.8 cm³/mol. The van der Waals surface area contributed by atoms with E-state index in [9.17, 15) is 9.18 Å². The molecule has 6 nitrogen and oxygen atoms in total. The number of halogens is 1. The van der Waals surface area contributed by atoms with Crippen LogP contribution in [0.5, 0.6) is 0 Å². The van der Waals surface area contributed by atoms with Gasteiger partial charge in [0.1, 0.15) is 5.82 Å². The number of benzene rings is 1. The number of rotatable bonds is 4. The van der Waals surface area contributed by atoms with Gasteiger partial charge in [-0.25, -0.2) is 9.07 Å². The van der Waals surface area contributed by atoms with E-state index in [0.29, 0.717) is 5.69 Å². The molecule has 1 atom stereocenters. The fourth-order valence-electron chi connectivity index (χ4n) is 3.02. The molecule has 0 radical (unpaired) electrons. The van der Waals surface area contributed by atoms with Crippen LogP contribution in [-0.2, 0) is 0 Å². The maximum absolute atomic E-state index is 12.9. The highest BCUT2D eigenvalue weighted by molar-refractivity contribution is 5.92. The van der Waals surface area contributed by atoms with E-state index in [-0.39, 0.29) is 23.5 Å². The second-order valence-corrected chi connectivity index (χ2v) is 6.21. The third kappa shape index (κ3) is 3.10. The Labute approximate surface area is 133 Å². The first kappa shape index (κ1) is 14.3. The Morgan fingerprint density at radius 3 is 2.74 bits per heavy atom. The molecule has 2 fully saturated rings. The van der Waals surface area contributed by atoms with Crippen LogP contribution in [0.25, 0.3) is 5.69 Å². The van der Waals surface area contributed by atoms with Gasteiger partial charge in [-0.3, -0.25) is 9.69 Å². The number of likely N-dealkylation sites (tertiary alicyclic amines) is 1. The van der Waals surface area contributed by atoms with Gasteiger partial charge >= 0.3 is 0 Å². The fourth-order valence-corrected chi connectivity index (χ4v) is 3.02. The van der Waals surface area contributed by atoms with Crippen molar-refractivity contribution in [2.75, 3.05) is 13.1 Å². The van der Waals surface area contributed by atoms with Crippen LogP contribution in [-0.4, -0.2) is 51.0 Å². The Morgan fingerprint density at radius 2 is 2.00 bits per heavy atom. The highest BCUT2D eigenvalue weighted by atomic mass is 19.1. The number of hydrogen-bond acceptors (Lipinski definition) is 4. The van der Waals surface area contributed by atoms with Gasteiger partial charge in [0, 0.05) is 25.2 Å². The first-order valence-electron chi connectivity index (χ1n) is 7.92. The van der Waals surface area contributed by atoms with Gasteiger partial charge in [-0.05, 0) is 43.5 Å². The van der Waals surface area contributed by atoms with Crippen molar-refractivity contribution < 1.29 is 9.18 Å². The van der Waals surface area contributed by atoms with Crippen molar-refractivity contribution in [1.29, 1.82) is 0 Å². The summed E-state index contributed by atoms with van der Waals surface area (Å²) in [4.78, 5) is 14.7. The maximum Gasteiger partial charge on any atom is 0.273 e. The molecule has 1 N–H and O–H groups in total. The predicted octanol–water partition coefficient (Wildman–Crippen LogP) is 1.37. The average molecular weight is 315 g/mol. The zero-order chi connectivity index (χ0) is 15.8. The van der Waals surface area contributed by atoms with Gasteiger partial charge < -0.3 is 5.32 Å². The molecule has 0 spiro atoms. The van der Waals surface area contributed by atoms with E-state index < -0.39 is 0 Å². The largest absolute Gasteiger partial charge is 0.347 e. The van der Waals surface area contributed by atoms with Crippen molar-refractivity contribution in [2.45, 2.75) is 31.3 Å². The molecule has 1 aromatic heterocycles. The van der Waals surface area contributed by atoms with E-state index in [4.69, 9.17) is 0 Å². The van der Waals surface area contributed by atoms with Gasteiger partial charge in [-0.2, -0.15) is 0 Å². The summed E-state index contributed by atoms with van der Waals surface area (Å²) in [7, 11) is 0. The molecule has 120 valence electrons. The van der Waals surface area contributed by atoms with E-state index in [1.54, 1.807) is 18.3 Å². The summed E-state index contributed by atoms with van der Waals surface area (Å²) in [6.45, 7) is 1.97. The molecule has 0 bridgehead atoms. The quantitative estimate of drug-likeness (QED) is 0.926. The minimum atomic E-state index is -0.312. The molecule has 23 heavy (non-hydrogen) atoms. The van der Waals surface area contributed by atoms with Crippen LogP contribution in [0.4, 0.5) is 4.39 Å². The van der Waals surface area contributed by atoms with Crippen molar-refractivity contribution in [1.82, 2.24) is 25.2 Å². The Hall–Kier alpha value is -2.28. The van der Waals surface area contributed by atoms with Gasteiger partial charge in [0.2, 0.25) is 0 Å². The van der Waals surface area contributed by atoms with Crippen LogP contribution in [0.3, 0.4) is 0 Å². The first-order valence-corrected chi connectivity index (χ1v) is 7.92. The molecule has 1 aliphatic carbocycles. The fraction of sp³-hybridized carbons (Fsp3) is 0.438. The second kappa shape index (κ2) is 5.73. The summed E-state index contributed by atoms with van der Waals surface area (Å²) < 4.78 is 14.4. The van der Waals surface area contributed by atoms with Gasteiger partial charge in [0.15, 0.2) is 5.69 Å². The topological polar surface area (TPSA) is 63.1 Å². The van der Waals surface area contributed by atoms with Crippen molar-refractivity contribution >= 4 is 5.91 Å². The number of aromatic nitrogens is 3. The second-order valence-electron chi connectivity index (χ2n) is 6.21. The van der Waals surface area contributed by atoms with Crippen molar-refractivity contribution in [3.8, 4) is 5.69 Å². The molecule has 2 aliphatic rings. The minimum Gasteiger partial charge on any atom is -0.347 e. The van der Waals surface area contributed by atoms with Crippen molar-refractivity contribution in [3.05, 3.63) is 42.0 Å². The van der Waals surface area contributed by atoms with Gasteiger partial charge in [0.05, 0.1) is 11.9 Å². The molecular formula is C16H18FN5O. The van der Waals surface area contributed by atoms with E-state index in [1.165, 1.54) is 29.7 Å². The Morgan fingerprint density at radius 1 is 1.22 bits per heavy atom. The third-order valence-electron chi connectivity index (χ3n) is 4.44. The zero-order valence-corrected chi connectivity index (χ0v) is 12.7. The summed E-state index contributed by atoms with van der Waals surface area (Å²) in [6.07, 6.45) is 5.11. The van der Waals surface area contributed by atoms with E-state index in [1.807, 2.05) is 0 Å². The lowest BCUT2D eigenvalue weighted by Gasteiger charge is -2.15. The van der Waals surface area contributed by atoms with Crippen molar-refractivity contribution in [2.24, 2.45) is 0 Å². The van der Waals surface area contributed by atoms with Crippen LogP contribution >= 0.6 is 0 Å². The van der Waals surface area contributed by atoms with Crippen LogP contribution in [0.15, 0.2) is 30.5 Å². The zero-order valence-electron chi connectivity index (χ0n) is 12.7. The number of carbonyl (C=O) groups excluding carboxylic acids is 1. The standard InChI is InChI=1S/C16H18FN5O/c17-11-1-3-14(4-2-11)22-10-15(19-20-22)16(23)18-12-7-8-21(9-12)13-5-6-13/h1-4,10,12-13H,5-9H2,(H,18,23). The molecule has 1 unspecified atom stereocenters. The normalized spacial score (nSPS) is 21.5. The summed E-state index contributed by atoms with van der Waals surface area (Å²) in [6, 6.07) is 6.80. The highest BCUT2D eigenvalue weighted by Gasteiger charge is 2.35. The molecule has 7 heteroatoms. The summed E-state index contributed by atoms with van der Waals surface area (Å²) in [5, 5.41) is 10.9. The summed E-state index contributed by atoms with van der Waals surface area (Å²) in [5.41, 5.74) is 0.943. The highest BCUT2D eigenvalue weighted by Crippen LogP contribution is 2.29. The molecule has 1 aliphatic heterocycles. The minimum absolute atomic E-state index is 0.180. The summed E-state index contributed by atoms with van der Waals surface area (Å²) in [5.74, 6) is -0.519. The first-order chi connectivity index (χ1) is 11.2. The van der Waals surface area contributed by atoms with E-state index >= 15 is 0 Å². The molecule has 1 amide bonds. The molecule has 2 aromatic rings. The van der Waals surface area contributed by atoms with Crippen molar-refractivity contribution in [3.63, 3.8) is 0 Å². The Balaban J connectivity index is 1.40. The molecule has 1 saturated carbocycles. The SMILES string of the molecule is O=C(NC1CCN(C2CC2)C1)c1cn(-c2ccc(F)cc2)nn1. The molecular weight excluding hydrogens is 297 g/mol. The van der Waals surface area contributed by atoms with Crippen LogP contribution in [0, 0.1) is 5.82 Å². The Bertz CT molecular complexity index is 710. The molecule has 1 saturated heterocycles. The number of nitrogens with zero attached hydrogens (tertiary/aromatic N) is 4. The average Bonchev–Trinajstić information content (AvgIpc) is 3.10. The van der Waals surface area contributed by atoms with Crippen LogP contribution < -0.4 is 5.32 Å². The number of hydrogen-bond donors (Lipinski definition) is 1. The van der Waals surface area contributed by atoms with E-state index in [2.05, 4.69) is 20.5 Å². The lowest BCUT2D eigenvalue weighted by molar-refractivity contribution is 0.0932. The monoisotopic (exact) mass is 315 g/mol. The lowest BCUT2D eigenvalue weighted by atomic mass is 10.2. The maximum atomic E-state index is 12.9.